The third-order valence-corrected chi connectivity index (χ3v) is 3.19. The molecule has 0 amide bonds. The van der Waals surface area contributed by atoms with Crippen LogP contribution < -0.4 is 0 Å². The van der Waals surface area contributed by atoms with Gasteiger partial charge < -0.3 is 18.9 Å². The van der Waals surface area contributed by atoms with Crippen molar-refractivity contribution in [2.45, 2.75) is 43.6 Å². The molecule has 8 heteroatoms. The normalized spacial score (nSPS) is 30.3. The summed E-state index contributed by atoms with van der Waals surface area (Å²) in [6.45, 7) is 2.47. The number of carbonyl (C=O) groups excluding carboxylic acids is 3. The number of rotatable bonds is 3. The molecule has 1 aliphatic heterocycles. The first-order valence-electron chi connectivity index (χ1n) is 5.57. The Bertz CT molecular complexity index is 370. The highest BCUT2D eigenvalue weighted by molar-refractivity contribution is 9.09. The van der Waals surface area contributed by atoms with Crippen molar-refractivity contribution in [2.75, 3.05) is 7.11 Å². The summed E-state index contributed by atoms with van der Waals surface area (Å²) in [5, 5.41) is -0.765. The van der Waals surface area contributed by atoms with Crippen LogP contribution in [0.25, 0.3) is 0 Å². The van der Waals surface area contributed by atoms with Gasteiger partial charge in [-0.25, -0.2) is 4.79 Å². The topological polar surface area (TPSA) is 88.1 Å². The van der Waals surface area contributed by atoms with E-state index < -0.39 is 41.2 Å². The van der Waals surface area contributed by atoms with Crippen LogP contribution in [0.3, 0.4) is 0 Å². The number of hydrogen-bond acceptors (Lipinski definition) is 7. The average molecular weight is 339 g/mol. The van der Waals surface area contributed by atoms with E-state index in [1.165, 1.54) is 21.0 Å². The summed E-state index contributed by atoms with van der Waals surface area (Å²) in [6, 6.07) is 0. The molecule has 1 saturated heterocycles. The fourth-order valence-electron chi connectivity index (χ4n) is 1.74. The highest BCUT2D eigenvalue weighted by Gasteiger charge is 2.44. The van der Waals surface area contributed by atoms with E-state index >= 15 is 0 Å². The van der Waals surface area contributed by atoms with E-state index in [9.17, 15) is 14.4 Å². The van der Waals surface area contributed by atoms with Gasteiger partial charge in [0.15, 0.2) is 17.2 Å². The van der Waals surface area contributed by atoms with Crippen molar-refractivity contribution in [3.63, 3.8) is 0 Å². The maximum Gasteiger partial charge on any atom is 0.335 e. The molecule has 0 N–H and O–H groups in total. The number of methoxy groups -OCH3 is 1. The number of alkyl halides is 1. The van der Waals surface area contributed by atoms with E-state index in [2.05, 4.69) is 20.7 Å². The lowest BCUT2D eigenvalue weighted by molar-refractivity contribution is -0.198. The lowest BCUT2D eigenvalue weighted by atomic mass is 10.0. The highest BCUT2D eigenvalue weighted by atomic mass is 79.9. The first kappa shape index (κ1) is 15.9. The summed E-state index contributed by atoms with van der Waals surface area (Å²) < 4.78 is 20.0. The molecule has 19 heavy (non-hydrogen) atoms. The Labute approximate surface area is 118 Å². The Balaban J connectivity index is 2.83. The number of esters is 3. The minimum absolute atomic E-state index is 0.0618. The molecular formula is C11H15BrO7. The maximum absolute atomic E-state index is 11.5. The maximum atomic E-state index is 11.5. The molecule has 1 fully saturated rings. The van der Waals surface area contributed by atoms with Gasteiger partial charge in [0.1, 0.15) is 6.10 Å². The van der Waals surface area contributed by atoms with E-state index in [1.807, 2.05) is 0 Å². The lowest BCUT2D eigenvalue weighted by Crippen LogP contribution is -2.51. The first-order chi connectivity index (χ1) is 8.85. The fourth-order valence-corrected chi connectivity index (χ4v) is 2.45. The van der Waals surface area contributed by atoms with Gasteiger partial charge in [-0.05, 0) is 0 Å². The molecule has 0 radical (unpaired) electrons. The molecule has 0 spiro atoms. The zero-order chi connectivity index (χ0) is 14.6. The van der Waals surface area contributed by atoms with E-state index in [-0.39, 0.29) is 6.42 Å². The van der Waals surface area contributed by atoms with Gasteiger partial charge in [-0.2, -0.15) is 0 Å². The monoisotopic (exact) mass is 338 g/mol. The average Bonchev–Trinajstić information content (AvgIpc) is 2.31. The molecule has 0 aromatic rings. The largest absolute Gasteiger partial charge is 0.467 e. The zero-order valence-corrected chi connectivity index (χ0v) is 12.3. The molecule has 0 bridgehead atoms. The van der Waals surface area contributed by atoms with Crippen LogP contribution >= 0.6 is 15.9 Å². The van der Waals surface area contributed by atoms with Gasteiger partial charge in [0, 0.05) is 20.3 Å². The third-order valence-electron chi connectivity index (χ3n) is 2.45. The summed E-state index contributed by atoms with van der Waals surface area (Å²) in [5.41, 5.74) is 0. The molecule has 1 aliphatic rings. The second kappa shape index (κ2) is 6.85. The second-order valence-corrected chi connectivity index (χ2v) is 4.86. The highest BCUT2D eigenvalue weighted by Crippen LogP contribution is 2.29. The Morgan fingerprint density at radius 2 is 1.74 bits per heavy atom. The smallest absolute Gasteiger partial charge is 0.335 e. The molecule has 4 atom stereocenters. The van der Waals surface area contributed by atoms with Gasteiger partial charge in [0.25, 0.3) is 0 Å². The van der Waals surface area contributed by atoms with E-state index in [1.54, 1.807) is 0 Å². The Hall–Kier alpha value is -1.15. The van der Waals surface area contributed by atoms with Crippen LogP contribution in [-0.2, 0) is 33.3 Å². The van der Waals surface area contributed by atoms with Crippen LogP contribution in [0.1, 0.15) is 20.3 Å². The Morgan fingerprint density at radius 1 is 1.16 bits per heavy atom. The molecular weight excluding hydrogens is 324 g/mol. The van der Waals surface area contributed by atoms with Crippen LogP contribution in [0.5, 0.6) is 0 Å². The molecule has 0 unspecified atom stereocenters. The number of carbonyl (C=O) groups is 3. The van der Waals surface area contributed by atoms with Gasteiger partial charge in [0.05, 0.1) is 7.11 Å². The molecule has 1 heterocycles. The minimum atomic E-state index is -0.884. The van der Waals surface area contributed by atoms with Crippen molar-refractivity contribution in [3.8, 4) is 0 Å². The van der Waals surface area contributed by atoms with Crippen molar-refractivity contribution < 1.29 is 33.3 Å². The van der Waals surface area contributed by atoms with Crippen molar-refractivity contribution in [1.82, 2.24) is 0 Å². The molecule has 0 saturated carbocycles. The number of hydrogen-bond donors (Lipinski definition) is 0. The quantitative estimate of drug-likeness (QED) is 0.421. The van der Waals surface area contributed by atoms with Crippen molar-refractivity contribution >= 4 is 33.8 Å². The minimum Gasteiger partial charge on any atom is -0.467 e. The summed E-state index contributed by atoms with van der Waals surface area (Å²) in [4.78, 5) is 33.5. The molecule has 7 nitrogen and oxygen atoms in total. The van der Waals surface area contributed by atoms with Crippen LogP contribution in [-0.4, -0.2) is 48.3 Å². The Kier molecular flexibility index (Phi) is 5.74. The molecule has 1 rings (SSSR count). The van der Waals surface area contributed by atoms with E-state index in [4.69, 9.17) is 14.2 Å². The van der Waals surface area contributed by atoms with Gasteiger partial charge >= 0.3 is 17.9 Å². The van der Waals surface area contributed by atoms with Crippen LogP contribution in [0, 0.1) is 0 Å². The van der Waals surface area contributed by atoms with E-state index in [0.29, 0.717) is 0 Å². The predicted molar refractivity (Wildman–Crippen MR) is 65.3 cm³/mol. The first-order valence-corrected chi connectivity index (χ1v) is 6.48. The van der Waals surface area contributed by atoms with Crippen molar-refractivity contribution in [1.29, 1.82) is 0 Å². The Morgan fingerprint density at radius 3 is 2.21 bits per heavy atom. The lowest BCUT2D eigenvalue weighted by Gasteiger charge is -2.37. The summed E-state index contributed by atoms with van der Waals surface area (Å²) in [7, 11) is 1.23. The zero-order valence-electron chi connectivity index (χ0n) is 10.8. The molecule has 0 aromatic carbocycles. The van der Waals surface area contributed by atoms with Crippen LogP contribution in [0.15, 0.2) is 0 Å². The van der Waals surface area contributed by atoms with Gasteiger partial charge in [-0.15, -0.1) is 0 Å². The predicted octanol–water partition coefficient (Wildman–Crippen LogP) is 0.533. The number of ether oxygens (including phenoxy) is 4. The van der Waals surface area contributed by atoms with Crippen LogP contribution in [0.2, 0.25) is 0 Å². The van der Waals surface area contributed by atoms with Gasteiger partial charge in [0.2, 0.25) is 0 Å². The van der Waals surface area contributed by atoms with Gasteiger partial charge in [-0.1, -0.05) is 15.9 Å². The second-order valence-electron chi connectivity index (χ2n) is 3.96. The van der Waals surface area contributed by atoms with Gasteiger partial charge in [-0.3, -0.25) is 9.59 Å². The summed E-state index contributed by atoms with van der Waals surface area (Å²) in [5.74, 6) is -1.65. The van der Waals surface area contributed by atoms with Crippen molar-refractivity contribution in [3.05, 3.63) is 0 Å². The fraction of sp³-hybridized carbons (Fsp3) is 0.727. The van der Waals surface area contributed by atoms with E-state index in [0.717, 1.165) is 0 Å². The molecule has 0 aliphatic carbocycles. The SMILES string of the molecule is COC(=O)[C@@H]1C[C@H](OC(C)=O)[C@@H](OC(C)=O)[C@@H](Br)O1. The molecule has 108 valence electrons. The summed E-state index contributed by atoms with van der Waals surface area (Å²) >= 11 is 3.15. The number of halogens is 1. The standard InChI is InChI=1S/C11H15BrO7/c1-5(13)17-7-4-8(11(15)16-3)19-10(12)9(7)18-6(2)14/h7-10H,4H2,1-3H3/t7-,8-,9+,10-/m0/s1. The summed E-state index contributed by atoms with van der Waals surface area (Å²) in [6.07, 6.45) is -2.41. The molecule has 0 aromatic heterocycles. The van der Waals surface area contributed by atoms with Crippen LogP contribution in [0.4, 0.5) is 0 Å². The van der Waals surface area contributed by atoms with Crippen molar-refractivity contribution in [2.24, 2.45) is 0 Å². The third kappa shape index (κ3) is 4.46.